The van der Waals surface area contributed by atoms with Gasteiger partial charge in [-0.1, -0.05) is 51.4 Å². The lowest BCUT2D eigenvalue weighted by Gasteiger charge is -2.15. The Labute approximate surface area is 180 Å². The second-order valence-electron chi connectivity index (χ2n) is 5.93. The fourth-order valence-electron chi connectivity index (χ4n) is 2.45. The minimum Gasteiger partial charge on any atom is -0.481 e. The Morgan fingerprint density at radius 3 is 2.68 bits per heavy atom. The van der Waals surface area contributed by atoms with Crippen LogP contribution in [0.25, 0.3) is 0 Å². The molecule has 0 aliphatic heterocycles. The second kappa shape index (κ2) is 9.45. The molecule has 146 valence electrons. The zero-order chi connectivity index (χ0) is 20.1. The molecule has 6 nitrogen and oxygen atoms in total. The average molecular weight is 482 g/mol. The summed E-state index contributed by atoms with van der Waals surface area (Å²) < 4.78 is 8.67. The van der Waals surface area contributed by atoms with Crippen LogP contribution in [0.5, 0.6) is 5.75 Å². The lowest BCUT2D eigenvalue weighted by molar-refractivity contribution is -0.113. The molecular weight excluding hydrogens is 464 g/mol. The molecule has 0 aliphatic rings. The van der Waals surface area contributed by atoms with Gasteiger partial charge < -0.3 is 14.6 Å². The highest BCUT2D eigenvalue weighted by Gasteiger charge is 2.18. The van der Waals surface area contributed by atoms with Crippen LogP contribution in [0.4, 0.5) is 5.69 Å². The molecule has 9 heteroatoms. The molecule has 0 fully saturated rings. The summed E-state index contributed by atoms with van der Waals surface area (Å²) in [5.74, 6) is 1.35. The lowest BCUT2D eigenvalue weighted by atomic mass is 10.3. The number of nitrogens with zero attached hydrogens (tertiary/aromatic N) is 3. The maximum Gasteiger partial charge on any atom is 0.234 e. The molecule has 1 atom stereocenters. The molecule has 2 aromatic carbocycles. The van der Waals surface area contributed by atoms with Gasteiger partial charge in [0.05, 0.1) is 10.8 Å². The van der Waals surface area contributed by atoms with Crippen LogP contribution in [0.3, 0.4) is 0 Å². The van der Waals surface area contributed by atoms with Crippen molar-refractivity contribution >= 4 is 50.9 Å². The van der Waals surface area contributed by atoms with Crippen LogP contribution in [-0.4, -0.2) is 26.4 Å². The molecule has 0 radical (unpaired) electrons. The Balaban J connectivity index is 1.58. The molecule has 1 amide bonds. The smallest absolute Gasteiger partial charge is 0.234 e. The number of thioether (sulfide) groups is 1. The summed E-state index contributed by atoms with van der Waals surface area (Å²) in [5.41, 5.74) is 0.745. The number of nitrogens with one attached hydrogen (secondary N) is 1. The van der Waals surface area contributed by atoms with Gasteiger partial charge in [0, 0.05) is 17.2 Å². The van der Waals surface area contributed by atoms with Gasteiger partial charge in [-0.25, -0.2) is 0 Å². The van der Waals surface area contributed by atoms with Gasteiger partial charge in [0.15, 0.2) is 17.1 Å². The molecule has 1 N–H and O–H groups in total. The van der Waals surface area contributed by atoms with Crippen LogP contribution in [-0.2, 0) is 11.8 Å². The van der Waals surface area contributed by atoms with Crippen molar-refractivity contribution in [2.45, 2.75) is 18.2 Å². The van der Waals surface area contributed by atoms with Crippen LogP contribution < -0.4 is 10.1 Å². The number of hydrogen-bond donors (Lipinski definition) is 1. The van der Waals surface area contributed by atoms with Crippen molar-refractivity contribution in [3.8, 4) is 5.75 Å². The van der Waals surface area contributed by atoms with Crippen molar-refractivity contribution in [1.82, 2.24) is 14.8 Å². The summed E-state index contributed by atoms with van der Waals surface area (Å²) in [7, 11) is 1.84. The van der Waals surface area contributed by atoms with Crippen molar-refractivity contribution in [1.29, 1.82) is 0 Å². The predicted molar refractivity (Wildman–Crippen MR) is 115 cm³/mol. The third kappa shape index (κ3) is 5.27. The minimum atomic E-state index is -0.344. The highest BCUT2D eigenvalue weighted by atomic mass is 79.9. The number of para-hydroxylation sites is 1. The Bertz CT molecular complexity index is 965. The summed E-state index contributed by atoms with van der Waals surface area (Å²) >= 11 is 10.8. The van der Waals surface area contributed by atoms with E-state index in [9.17, 15) is 4.79 Å². The molecule has 0 unspecified atom stereocenters. The Morgan fingerprint density at radius 2 is 1.96 bits per heavy atom. The van der Waals surface area contributed by atoms with Gasteiger partial charge >= 0.3 is 0 Å². The normalized spacial score (nSPS) is 11.9. The summed E-state index contributed by atoms with van der Waals surface area (Å²) in [6.45, 7) is 1.88. The fourth-order valence-corrected chi connectivity index (χ4v) is 3.61. The summed E-state index contributed by atoms with van der Waals surface area (Å²) in [6, 6.07) is 14.7. The topological polar surface area (TPSA) is 69.0 Å². The van der Waals surface area contributed by atoms with Crippen LogP contribution in [0, 0.1) is 0 Å². The fraction of sp³-hybridized carbons (Fsp3) is 0.211. The van der Waals surface area contributed by atoms with E-state index in [1.54, 1.807) is 12.1 Å². The summed E-state index contributed by atoms with van der Waals surface area (Å²) in [6.07, 6.45) is -0.344. The Morgan fingerprint density at radius 1 is 1.25 bits per heavy atom. The highest BCUT2D eigenvalue weighted by Crippen LogP contribution is 2.29. The van der Waals surface area contributed by atoms with Crippen LogP contribution in [0.15, 0.2) is 58.2 Å². The van der Waals surface area contributed by atoms with Crippen LogP contribution in [0.1, 0.15) is 18.9 Å². The van der Waals surface area contributed by atoms with E-state index in [0.29, 0.717) is 21.8 Å². The van der Waals surface area contributed by atoms with Crippen LogP contribution in [0.2, 0.25) is 5.02 Å². The molecule has 0 saturated heterocycles. The van der Waals surface area contributed by atoms with E-state index in [2.05, 4.69) is 31.4 Å². The SMILES string of the molecule is C[C@H](Oc1ccccc1Cl)c1nnc(SCC(=O)Nc2ccc(Br)cc2)n1C. The number of carbonyl (C=O) groups excluding carboxylic acids is 1. The van der Waals surface area contributed by atoms with E-state index in [1.165, 1.54) is 11.8 Å². The zero-order valence-electron chi connectivity index (χ0n) is 15.2. The van der Waals surface area contributed by atoms with E-state index in [-0.39, 0.29) is 17.8 Å². The third-order valence-corrected chi connectivity index (χ3v) is 5.69. The third-order valence-electron chi connectivity index (χ3n) is 3.83. The number of rotatable bonds is 7. The van der Waals surface area contributed by atoms with E-state index in [1.807, 2.05) is 54.9 Å². The Kier molecular flexibility index (Phi) is 6.98. The molecule has 28 heavy (non-hydrogen) atoms. The Hall–Kier alpha value is -2.03. The van der Waals surface area contributed by atoms with Crippen LogP contribution >= 0.6 is 39.3 Å². The molecule has 0 saturated carbocycles. The number of halogens is 2. The largest absolute Gasteiger partial charge is 0.481 e. The highest BCUT2D eigenvalue weighted by molar-refractivity contribution is 9.10. The van der Waals surface area contributed by atoms with Gasteiger partial charge in [-0.15, -0.1) is 10.2 Å². The van der Waals surface area contributed by atoms with Crippen molar-refractivity contribution in [3.63, 3.8) is 0 Å². The molecule has 0 bridgehead atoms. The summed E-state index contributed by atoms with van der Waals surface area (Å²) in [5, 5.41) is 12.4. The van der Waals surface area contributed by atoms with E-state index < -0.39 is 0 Å². The molecule has 1 aromatic heterocycles. The van der Waals surface area contributed by atoms with Gasteiger partial charge in [0.2, 0.25) is 5.91 Å². The van der Waals surface area contributed by atoms with Crippen molar-refractivity contribution in [2.24, 2.45) is 7.05 Å². The molecule has 0 spiro atoms. The van der Waals surface area contributed by atoms with E-state index in [4.69, 9.17) is 16.3 Å². The van der Waals surface area contributed by atoms with Gasteiger partial charge in [-0.2, -0.15) is 0 Å². The van der Waals surface area contributed by atoms with Crippen molar-refractivity contribution in [3.05, 3.63) is 63.9 Å². The zero-order valence-corrected chi connectivity index (χ0v) is 18.4. The standard InChI is InChI=1S/C19H18BrClN4O2S/c1-12(27-16-6-4-3-5-15(16)21)18-23-24-19(25(18)2)28-11-17(26)22-14-9-7-13(20)8-10-14/h3-10,12H,11H2,1-2H3,(H,22,26)/t12-/m0/s1. The van der Waals surface area contributed by atoms with E-state index >= 15 is 0 Å². The first-order valence-corrected chi connectivity index (χ1v) is 10.6. The molecule has 1 heterocycles. The first-order valence-electron chi connectivity index (χ1n) is 8.42. The van der Waals surface area contributed by atoms with Gasteiger partial charge in [-0.3, -0.25) is 4.79 Å². The van der Waals surface area contributed by atoms with E-state index in [0.717, 1.165) is 10.2 Å². The first-order chi connectivity index (χ1) is 13.4. The quantitative estimate of drug-likeness (QED) is 0.475. The molecular formula is C19H18BrClN4O2S. The summed E-state index contributed by atoms with van der Waals surface area (Å²) in [4.78, 5) is 12.2. The van der Waals surface area contributed by atoms with Gasteiger partial charge in [-0.05, 0) is 43.3 Å². The number of aromatic nitrogens is 3. The average Bonchev–Trinajstić information content (AvgIpc) is 3.04. The number of anilines is 1. The number of hydrogen-bond acceptors (Lipinski definition) is 5. The molecule has 0 aliphatic carbocycles. The number of benzene rings is 2. The molecule has 3 aromatic rings. The van der Waals surface area contributed by atoms with Crippen molar-refractivity contribution in [2.75, 3.05) is 11.1 Å². The number of carbonyl (C=O) groups is 1. The first kappa shape index (κ1) is 20.7. The lowest BCUT2D eigenvalue weighted by Crippen LogP contribution is -2.14. The van der Waals surface area contributed by atoms with Crippen molar-refractivity contribution < 1.29 is 9.53 Å². The predicted octanol–water partition coefficient (Wildman–Crippen LogP) is 5.10. The van der Waals surface area contributed by atoms with Gasteiger partial charge in [0.1, 0.15) is 5.75 Å². The number of ether oxygens (including phenoxy) is 1. The number of amides is 1. The second-order valence-corrected chi connectivity index (χ2v) is 8.20. The monoisotopic (exact) mass is 480 g/mol. The van der Waals surface area contributed by atoms with Gasteiger partial charge in [0.25, 0.3) is 0 Å². The maximum atomic E-state index is 12.2. The minimum absolute atomic E-state index is 0.114. The molecule has 3 rings (SSSR count). The maximum absolute atomic E-state index is 12.2.